The van der Waals surface area contributed by atoms with Crippen LogP contribution in [-0.2, 0) is 10.0 Å². The van der Waals surface area contributed by atoms with Crippen molar-refractivity contribution in [1.29, 1.82) is 0 Å². The molecule has 5 nitrogen and oxygen atoms in total. The first-order chi connectivity index (χ1) is 11.9. The van der Waals surface area contributed by atoms with Gasteiger partial charge in [0.25, 0.3) is 0 Å². The second-order valence-electron chi connectivity index (χ2n) is 6.63. The Morgan fingerprint density at radius 2 is 1.80 bits per heavy atom. The smallest absolute Gasteiger partial charge is 0.243 e. The van der Waals surface area contributed by atoms with E-state index in [2.05, 4.69) is 4.98 Å². The molecule has 1 aliphatic heterocycles. The van der Waals surface area contributed by atoms with Gasteiger partial charge < -0.3 is 4.74 Å². The Bertz CT molecular complexity index is 839. The molecule has 0 bridgehead atoms. The lowest BCUT2D eigenvalue weighted by molar-refractivity contribution is 0.134. The van der Waals surface area contributed by atoms with E-state index in [-0.39, 0.29) is 6.10 Å². The number of sulfonamides is 1. The van der Waals surface area contributed by atoms with Gasteiger partial charge in [-0.1, -0.05) is 12.1 Å². The standard InChI is InChI=1S/C19H24N2O3S/c1-14-4-5-15(2)19(12-14)25(22,23)21-10-8-17(9-11-21)24-18-7-6-16(3)20-13-18/h4-7,12-13,17H,8-11H2,1-3H3. The highest BCUT2D eigenvalue weighted by Gasteiger charge is 2.31. The van der Waals surface area contributed by atoms with E-state index < -0.39 is 10.0 Å². The van der Waals surface area contributed by atoms with Crippen molar-refractivity contribution in [3.8, 4) is 5.75 Å². The molecule has 0 aliphatic carbocycles. The van der Waals surface area contributed by atoms with Crippen molar-refractivity contribution in [2.75, 3.05) is 13.1 Å². The Labute approximate surface area is 149 Å². The summed E-state index contributed by atoms with van der Waals surface area (Å²) in [7, 11) is -3.45. The fourth-order valence-electron chi connectivity index (χ4n) is 3.03. The lowest BCUT2D eigenvalue weighted by Crippen LogP contribution is -2.41. The van der Waals surface area contributed by atoms with E-state index in [9.17, 15) is 8.42 Å². The van der Waals surface area contributed by atoms with Gasteiger partial charge in [-0.05, 0) is 62.9 Å². The number of aromatic nitrogens is 1. The summed E-state index contributed by atoms with van der Waals surface area (Å²) in [6, 6.07) is 9.37. The molecule has 1 aromatic carbocycles. The van der Waals surface area contributed by atoms with Crippen LogP contribution in [0.4, 0.5) is 0 Å². The molecule has 0 radical (unpaired) electrons. The van der Waals surface area contributed by atoms with Crippen LogP contribution in [0.1, 0.15) is 29.7 Å². The Kier molecular flexibility index (Phi) is 5.11. The molecule has 134 valence electrons. The highest BCUT2D eigenvalue weighted by Crippen LogP contribution is 2.26. The zero-order valence-corrected chi connectivity index (χ0v) is 15.7. The number of aryl methyl sites for hydroxylation is 3. The van der Waals surface area contributed by atoms with Crippen LogP contribution in [0.25, 0.3) is 0 Å². The van der Waals surface area contributed by atoms with E-state index in [0.717, 1.165) is 22.6 Å². The van der Waals surface area contributed by atoms with Gasteiger partial charge in [0.2, 0.25) is 10.0 Å². The summed E-state index contributed by atoms with van der Waals surface area (Å²) in [4.78, 5) is 4.64. The molecule has 2 aromatic rings. The van der Waals surface area contributed by atoms with Crippen molar-refractivity contribution in [2.45, 2.75) is 44.6 Å². The number of rotatable bonds is 4. The lowest BCUT2D eigenvalue weighted by atomic mass is 10.1. The summed E-state index contributed by atoms with van der Waals surface area (Å²) in [5.74, 6) is 0.737. The zero-order chi connectivity index (χ0) is 18.0. The summed E-state index contributed by atoms with van der Waals surface area (Å²) >= 11 is 0. The third-order valence-corrected chi connectivity index (χ3v) is 6.59. The molecule has 6 heteroatoms. The minimum atomic E-state index is -3.45. The molecule has 0 saturated carbocycles. The van der Waals surface area contributed by atoms with Gasteiger partial charge in [0.1, 0.15) is 11.9 Å². The first kappa shape index (κ1) is 17.9. The minimum absolute atomic E-state index is 0.0227. The second kappa shape index (κ2) is 7.14. The molecule has 1 fully saturated rings. The first-order valence-electron chi connectivity index (χ1n) is 8.53. The number of nitrogens with zero attached hydrogens (tertiary/aromatic N) is 2. The number of benzene rings is 1. The maximum absolute atomic E-state index is 12.9. The van der Waals surface area contributed by atoms with Gasteiger partial charge in [0.05, 0.1) is 11.1 Å². The average molecular weight is 360 g/mol. The van der Waals surface area contributed by atoms with Gasteiger partial charge in [-0.15, -0.1) is 0 Å². The van der Waals surface area contributed by atoms with Gasteiger partial charge in [0.15, 0.2) is 0 Å². The van der Waals surface area contributed by atoms with Gasteiger partial charge in [0, 0.05) is 18.8 Å². The molecule has 1 aromatic heterocycles. The van der Waals surface area contributed by atoms with Gasteiger partial charge in [-0.3, -0.25) is 4.98 Å². The highest BCUT2D eigenvalue weighted by atomic mass is 32.2. The van der Waals surface area contributed by atoms with Crippen LogP contribution >= 0.6 is 0 Å². The SMILES string of the molecule is Cc1ccc(C)c(S(=O)(=O)N2CCC(Oc3ccc(C)nc3)CC2)c1. The van der Waals surface area contributed by atoms with Crippen LogP contribution < -0.4 is 4.74 Å². The minimum Gasteiger partial charge on any atom is -0.489 e. The summed E-state index contributed by atoms with van der Waals surface area (Å²) in [6.07, 6.45) is 3.10. The Hall–Kier alpha value is -1.92. The van der Waals surface area contributed by atoms with Crippen molar-refractivity contribution in [3.63, 3.8) is 0 Å². The van der Waals surface area contributed by atoms with E-state index >= 15 is 0 Å². The number of ether oxygens (including phenoxy) is 1. The number of hydrogen-bond donors (Lipinski definition) is 0. The van der Waals surface area contributed by atoms with Crippen LogP contribution in [0.2, 0.25) is 0 Å². The predicted molar refractivity (Wildman–Crippen MR) is 97.3 cm³/mol. The third kappa shape index (κ3) is 4.02. The van der Waals surface area contributed by atoms with Crippen molar-refractivity contribution in [2.24, 2.45) is 0 Å². The summed E-state index contributed by atoms with van der Waals surface area (Å²) in [6.45, 7) is 6.63. The quantitative estimate of drug-likeness (QED) is 0.840. The molecule has 0 atom stereocenters. The number of pyridine rings is 1. The Morgan fingerprint density at radius 3 is 2.44 bits per heavy atom. The maximum Gasteiger partial charge on any atom is 0.243 e. The molecule has 25 heavy (non-hydrogen) atoms. The molecule has 0 amide bonds. The molecule has 2 heterocycles. The molecule has 3 rings (SSSR count). The second-order valence-corrected chi connectivity index (χ2v) is 8.53. The summed E-state index contributed by atoms with van der Waals surface area (Å²) in [5, 5.41) is 0. The highest BCUT2D eigenvalue weighted by molar-refractivity contribution is 7.89. The van der Waals surface area contributed by atoms with Crippen molar-refractivity contribution in [1.82, 2.24) is 9.29 Å². The largest absolute Gasteiger partial charge is 0.489 e. The molecular formula is C19H24N2O3S. The van der Waals surface area contributed by atoms with Crippen LogP contribution in [0.5, 0.6) is 5.75 Å². The molecule has 0 N–H and O–H groups in total. The van der Waals surface area contributed by atoms with Crippen LogP contribution in [-0.4, -0.2) is 36.9 Å². The Balaban J connectivity index is 1.67. The first-order valence-corrected chi connectivity index (χ1v) is 9.97. The van der Waals surface area contributed by atoms with Crippen molar-refractivity contribution < 1.29 is 13.2 Å². The molecule has 1 saturated heterocycles. The predicted octanol–water partition coefficient (Wildman–Crippen LogP) is 3.24. The van der Waals surface area contributed by atoms with Gasteiger partial charge in [-0.25, -0.2) is 8.42 Å². The zero-order valence-electron chi connectivity index (χ0n) is 14.9. The van der Waals surface area contributed by atoms with E-state index in [1.54, 1.807) is 16.6 Å². The fourth-order valence-corrected chi connectivity index (χ4v) is 4.81. The van der Waals surface area contributed by atoms with Gasteiger partial charge >= 0.3 is 0 Å². The summed E-state index contributed by atoms with van der Waals surface area (Å²) in [5.41, 5.74) is 2.69. The molecule has 1 aliphatic rings. The topological polar surface area (TPSA) is 59.5 Å². The van der Waals surface area contributed by atoms with Crippen LogP contribution in [0, 0.1) is 20.8 Å². The van der Waals surface area contributed by atoms with Crippen molar-refractivity contribution >= 4 is 10.0 Å². The third-order valence-electron chi connectivity index (χ3n) is 4.55. The average Bonchev–Trinajstić information content (AvgIpc) is 2.59. The normalized spacial score (nSPS) is 16.8. The Morgan fingerprint density at radius 1 is 1.08 bits per heavy atom. The lowest BCUT2D eigenvalue weighted by Gasteiger charge is -2.31. The van der Waals surface area contributed by atoms with Gasteiger partial charge in [-0.2, -0.15) is 4.31 Å². The number of hydrogen-bond acceptors (Lipinski definition) is 4. The molecular weight excluding hydrogens is 336 g/mol. The van der Waals surface area contributed by atoms with E-state index in [1.165, 1.54) is 0 Å². The number of piperidine rings is 1. The fraction of sp³-hybridized carbons (Fsp3) is 0.421. The van der Waals surface area contributed by atoms with E-state index in [1.807, 2.05) is 45.0 Å². The summed E-state index contributed by atoms with van der Waals surface area (Å²) < 4.78 is 33.4. The molecule has 0 spiro atoms. The van der Waals surface area contributed by atoms with E-state index in [0.29, 0.717) is 30.8 Å². The monoisotopic (exact) mass is 360 g/mol. The maximum atomic E-state index is 12.9. The van der Waals surface area contributed by atoms with Crippen LogP contribution in [0.3, 0.4) is 0 Å². The van der Waals surface area contributed by atoms with Crippen LogP contribution in [0.15, 0.2) is 41.4 Å². The van der Waals surface area contributed by atoms with Crippen molar-refractivity contribution in [3.05, 3.63) is 53.3 Å². The van der Waals surface area contributed by atoms with E-state index in [4.69, 9.17) is 4.74 Å². The molecule has 0 unspecified atom stereocenters.